The van der Waals surface area contributed by atoms with Crippen molar-refractivity contribution < 1.29 is 14.3 Å². The molecular weight excluding hydrogens is 304 g/mol. The van der Waals surface area contributed by atoms with Crippen molar-refractivity contribution in [3.05, 3.63) is 59.7 Å². The molecule has 0 spiro atoms. The Morgan fingerprint density at radius 3 is 2.46 bits per heavy atom. The van der Waals surface area contributed by atoms with Crippen LogP contribution in [0.15, 0.2) is 48.5 Å². The van der Waals surface area contributed by atoms with E-state index in [1.54, 1.807) is 4.90 Å². The number of nitrogens with one attached hydrogen (secondary N) is 1. The second-order valence-corrected chi connectivity index (χ2v) is 5.59. The molecule has 0 atom stereocenters. The molecule has 126 valence electrons. The minimum Gasteiger partial charge on any atom is -0.490 e. The second-order valence-electron chi connectivity index (χ2n) is 5.59. The van der Waals surface area contributed by atoms with Crippen LogP contribution in [0.1, 0.15) is 18.1 Å². The number of nitrogens with zero attached hydrogens (tertiary/aromatic N) is 1. The second kappa shape index (κ2) is 7.73. The fourth-order valence-electron chi connectivity index (χ4n) is 2.80. The van der Waals surface area contributed by atoms with Crippen LogP contribution in [0.2, 0.25) is 0 Å². The predicted molar refractivity (Wildman–Crippen MR) is 92.2 cm³/mol. The van der Waals surface area contributed by atoms with Gasteiger partial charge in [0, 0.05) is 13.1 Å². The van der Waals surface area contributed by atoms with Crippen molar-refractivity contribution in [3.63, 3.8) is 0 Å². The van der Waals surface area contributed by atoms with Gasteiger partial charge < -0.3 is 19.7 Å². The normalized spacial score (nSPS) is 13.1. The summed E-state index contributed by atoms with van der Waals surface area (Å²) in [6, 6.07) is 15.6. The largest absolute Gasteiger partial charge is 0.490 e. The van der Waals surface area contributed by atoms with Crippen molar-refractivity contribution in [2.24, 2.45) is 0 Å². The van der Waals surface area contributed by atoms with E-state index in [2.05, 4.69) is 17.4 Å². The van der Waals surface area contributed by atoms with Gasteiger partial charge in [-0.1, -0.05) is 36.4 Å². The maximum absolute atomic E-state index is 12.3. The van der Waals surface area contributed by atoms with Crippen LogP contribution < -0.4 is 14.8 Å². The van der Waals surface area contributed by atoms with E-state index in [-0.39, 0.29) is 12.8 Å². The Morgan fingerprint density at radius 1 is 1.04 bits per heavy atom. The fourth-order valence-corrected chi connectivity index (χ4v) is 2.80. The number of amides is 2. The lowest BCUT2D eigenvalue weighted by atomic mass is 10.0. The van der Waals surface area contributed by atoms with Crippen molar-refractivity contribution in [1.82, 2.24) is 10.2 Å². The summed E-state index contributed by atoms with van der Waals surface area (Å²) in [5, 5.41) is 2.81. The monoisotopic (exact) mass is 326 g/mol. The van der Waals surface area contributed by atoms with Gasteiger partial charge in [-0.05, 0) is 36.6 Å². The molecule has 1 heterocycles. The quantitative estimate of drug-likeness (QED) is 0.859. The van der Waals surface area contributed by atoms with Crippen LogP contribution in [0.4, 0.5) is 4.79 Å². The topological polar surface area (TPSA) is 50.8 Å². The van der Waals surface area contributed by atoms with Gasteiger partial charge in [0.15, 0.2) is 18.2 Å². The van der Waals surface area contributed by atoms with Crippen molar-refractivity contribution >= 4 is 6.03 Å². The molecular formula is C19H22N2O3. The zero-order valence-corrected chi connectivity index (χ0v) is 13.8. The number of para-hydroxylation sites is 2. The number of carbonyl (C=O) groups is 1. The number of hydrogen-bond acceptors (Lipinski definition) is 3. The molecule has 0 saturated carbocycles. The van der Waals surface area contributed by atoms with Crippen LogP contribution in [-0.4, -0.2) is 30.8 Å². The highest BCUT2D eigenvalue weighted by molar-refractivity contribution is 5.74. The van der Waals surface area contributed by atoms with Crippen molar-refractivity contribution in [3.8, 4) is 11.5 Å². The minimum atomic E-state index is -0.113. The van der Waals surface area contributed by atoms with Crippen molar-refractivity contribution in [1.29, 1.82) is 0 Å². The highest BCUT2D eigenvalue weighted by Crippen LogP contribution is 2.26. The first-order chi connectivity index (χ1) is 11.8. The Morgan fingerprint density at radius 2 is 1.71 bits per heavy atom. The molecule has 0 fully saturated rings. The Hall–Kier alpha value is -2.69. The lowest BCUT2D eigenvalue weighted by molar-refractivity contribution is 0.178. The number of urea groups is 1. The first kappa shape index (κ1) is 16.2. The third-order valence-corrected chi connectivity index (χ3v) is 4.02. The first-order valence-electron chi connectivity index (χ1n) is 8.22. The standard InChI is InChI=1S/C19H22N2O3/c1-2-23-17-9-5-6-10-18(17)24-14-20-19(22)21-12-11-15-7-3-4-8-16(15)13-21/h3-10H,2,11-14H2,1H3,(H,20,22). The van der Waals surface area contributed by atoms with Crippen LogP contribution >= 0.6 is 0 Å². The van der Waals surface area contributed by atoms with Gasteiger partial charge >= 0.3 is 6.03 Å². The molecule has 3 rings (SSSR count). The highest BCUT2D eigenvalue weighted by Gasteiger charge is 2.20. The number of benzene rings is 2. The Labute approximate surface area is 142 Å². The van der Waals surface area contributed by atoms with E-state index in [9.17, 15) is 4.79 Å². The molecule has 1 aliphatic heterocycles. The summed E-state index contributed by atoms with van der Waals surface area (Å²) < 4.78 is 11.1. The van der Waals surface area contributed by atoms with Gasteiger partial charge in [0.2, 0.25) is 0 Å². The summed E-state index contributed by atoms with van der Waals surface area (Å²) in [4.78, 5) is 14.1. The van der Waals surface area contributed by atoms with Crippen LogP contribution in [0, 0.1) is 0 Å². The molecule has 2 aromatic rings. The summed E-state index contributed by atoms with van der Waals surface area (Å²) in [5.74, 6) is 1.31. The van der Waals surface area contributed by atoms with E-state index >= 15 is 0 Å². The van der Waals surface area contributed by atoms with E-state index in [0.29, 0.717) is 24.7 Å². The SMILES string of the molecule is CCOc1ccccc1OCNC(=O)N1CCc2ccccc2C1. The molecule has 0 aromatic heterocycles. The average Bonchev–Trinajstić information content (AvgIpc) is 2.63. The Kier molecular flexibility index (Phi) is 5.21. The molecule has 2 amide bonds. The molecule has 24 heavy (non-hydrogen) atoms. The van der Waals surface area contributed by atoms with Gasteiger partial charge in [0.25, 0.3) is 0 Å². The molecule has 0 saturated heterocycles. The highest BCUT2D eigenvalue weighted by atomic mass is 16.5. The van der Waals surface area contributed by atoms with Gasteiger partial charge in [0.05, 0.1) is 6.61 Å². The number of ether oxygens (including phenoxy) is 2. The smallest absolute Gasteiger partial charge is 0.320 e. The predicted octanol–water partition coefficient (Wildman–Crippen LogP) is 3.19. The third kappa shape index (κ3) is 3.79. The zero-order chi connectivity index (χ0) is 16.8. The maximum atomic E-state index is 12.3. The molecule has 0 radical (unpaired) electrons. The Balaban J connectivity index is 1.52. The van der Waals surface area contributed by atoms with Crippen LogP contribution in [0.25, 0.3) is 0 Å². The number of fused-ring (bicyclic) bond motifs is 1. The summed E-state index contributed by atoms with van der Waals surface area (Å²) in [5.41, 5.74) is 2.53. The fraction of sp³-hybridized carbons (Fsp3) is 0.316. The van der Waals surface area contributed by atoms with Crippen molar-refractivity contribution in [2.45, 2.75) is 19.9 Å². The van der Waals surface area contributed by atoms with E-state index in [1.165, 1.54) is 11.1 Å². The molecule has 0 bridgehead atoms. The molecule has 5 heteroatoms. The third-order valence-electron chi connectivity index (χ3n) is 4.02. The van der Waals surface area contributed by atoms with Gasteiger partial charge in [0.1, 0.15) is 0 Å². The molecule has 1 N–H and O–H groups in total. The average molecular weight is 326 g/mol. The lowest BCUT2D eigenvalue weighted by Gasteiger charge is -2.28. The number of carbonyl (C=O) groups excluding carboxylic acids is 1. The number of hydrogen-bond donors (Lipinski definition) is 1. The molecule has 2 aromatic carbocycles. The van der Waals surface area contributed by atoms with Crippen LogP contribution in [-0.2, 0) is 13.0 Å². The van der Waals surface area contributed by atoms with E-state index in [0.717, 1.165) is 13.0 Å². The minimum absolute atomic E-state index is 0.112. The molecule has 0 aliphatic carbocycles. The summed E-state index contributed by atoms with van der Waals surface area (Å²) in [6.45, 7) is 3.96. The lowest BCUT2D eigenvalue weighted by Crippen LogP contribution is -2.43. The van der Waals surface area contributed by atoms with Gasteiger partial charge in [-0.2, -0.15) is 0 Å². The molecule has 0 unspecified atom stereocenters. The van der Waals surface area contributed by atoms with E-state index < -0.39 is 0 Å². The van der Waals surface area contributed by atoms with E-state index in [1.807, 2.05) is 43.3 Å². The van der Waals surface area contributed by atoms with Crippen LogP contribution in [0.5, 0.6) is 11.5 Å². The van der Waals surface area contributed by atoms with Gasteiger partial charge in [-0.25, -0.2) is 4.79 Å². The van der Waals surface area contributed by atoms with Crippen molar-refractivity contribution in [2.75, 3.05) is 19.9 Å². The summed E-state index contributed by atoms with van der Waals surface area (Å²) in [6.07, 6.45) is 0.887. The summed E-state index contributed by atoms with van der Waals surface area (Å²) in [7, 11) is 0. The number of rotatable bonds is 5. The Bertz CT molecular complexity index is 703. The maximum Gasteiger partial charge on any atom is 0.320 e. The zero-order valence-electron chi connectivity index (χ0n) is 13.8. The van der Waals surface area contributed by atoms with Gasteiger partial charge in [-0.3, -0.25) is 0 Å². The first-order valence-corrected chi connectivity index (χ1v) is 8.22. The van der Waals surface area contributed by atoms with Crippen LogP contribution in [0.3, 0.4) is 0 Å². The molecule has 1 aliphatic rings. The summed E-state index contributed by atoms with van der Waals surface area (Å²) >= 11 is 0. The van der Waals surface area contributed by atoms with Gasteiger partial charge in [-0.15, -0.1) is 0 Å². The van der Waals surface area contributed by atoms with E-state index in [4.69, 9.17) is 9.47 Å². The molecule has 5 nitrogen and oxygen atoms in total.